The molecule has 1 unspecified atom stereocenters. The Bertz CT molecular complexity index is 894. The first kappa shape index (κ1) is 20.7. The monoisotopic (exact) mass is 395 g/mol. The van der Waals surface area contributed by atoms with E-state index in [2.05, 4.69) is 15.0 Å². The van der Waals surface area contributed by atoms with Crippen LogP contribution in [0.25, 0.3) is 11.2 Å². The summed E-state index contributed by atoms with van der Waals surface area (Å²) in [4.78, 5) is 22.7. The number of H-pyrrole nitrogens is 1. The van der Waals surface area contributed by atoms with Gasteiger partial charge in [-0.15, -0.1) is 0 Å². The van der Waals surface area contributed by atoms with Crippen molar-refractivity contribution in [3.8, 4) is 0 Å². The highest BCUT2D eigenvalue weighted by atomic mass is 16.6. The number of fused-ring (bicyclic) bond motifs is 1. The minimum absolute atomic E-state index is 0.0400. The van der Waals surface area contributed by atoms with Crippen molar-refractivity contribution in [3.05, 3.63) is 16.7 Å². The van der Waals surface area contributed by atoms with E-state index in [-0.39, 0.29) is 29.3 Å². The molecule has 0 spiro atoms. The van der Waals surface area contributed by atoms with E-state index in [1.807, 2.05) is 41.5 Å². The molecular formula is C18H29N5O5. The van der Waals surface area contributed by atoms with Gasteiger partial charge in [0.15, 0.2) is 17.4 Å². The van der Waals surface area contributed by atoms with E-state index in [0.29, 0.717) is 0 Å². The highest BCUT2D eigenvalue weighted by Crippen LogP contribution is 2.35. The topological polar surface area (TPSA) is 138 Å². The molecule has 1 fully saturated rings. The number of nitrogens with zero attached hydrogens (tertiary/aromatic N) is 3. The van der Waals surface area contributed by atoms with Crippen LogP contribution in [0.2, 0.25) is 0 Å². The van der Waals surface area contributed by atoms with Crippen LogP contribution in [0.1, 0.15) is 47.8 Å². The summed E-state index contributed by atoms with van der Waals surface area (Å²) in [5.74, 6) is -0.0400. The maximum Gasteiger partial charge on any atom is 0.280 e. The second-order valence-corrected chi connectivity index (χ2v) is 8.95. The molecule has 0 aromatic carbocycles. The zero-order valence-electron chi connectivity index (χ0n) is 17.1. The second kappa shape index (κ2) is 7.11. The van der Waals surface area contributed by atoms with Gasteiger partial charge in [-0.25, -0.2) is 4.98 Å². The molecule has 2 aromatic heterocycles. The standard InChI is InChI=1S/C18H29N5O5/c1-17(2,3)26-7-9-12(28-18(4,5)6)11(24)15(27-9)23-8-20-10-13(23)21-16(19)22-14(10)25/h8-9,11-12,15,24H,7H2,1-6H3,(H3,19,21,22,25)/t9-,11+,12?,15-/m1/s1. The van der Waals surface area contributed by atoms with Crippen LogP contribution in [0.3, 0.4) is 0 Å². The molecule has 1 aliphatic rings. The Morgan fingerprint density at radius 1 is 1.29 bits per heavy atom. The largest absolute Gasteiger partial charge is 0.386 e. The lowest BCUT2D eigenvalue weighted by molar-refractivity contribution is -0.138. The highest BCUT2D eigenvalue weighted by molar-refractivity contribution is 5.70. The van der Waals surface area contributed by atoms with Crippen molar-refractivity contribution in [2.24, 2.45) is 0 Å². The number of imidazole rings is 1. The second-order valence-electron chi connectivity index (χ2n) is 8.95. The van der Waals surface area contributed by atoms with Gasteiger partial charge in [-0.05, 0) is 41.5 Å². The average molecular weight is 395 g/mol. The van der Waals surface area contributed by atoms with Crippen molar-refractivity contribution in [1.29, 1.82) is 0 Å². The van der Waals surface area contributed by atoms with Gasteiger partial charge in [-0.3, -0.25) is 14.3 Å². The molecule has 3 heterocycles. The van der Waals surface area contributed by atoms with Gasteiger partial charge < -0.3 is 25.1 Å². The molecule has 1 aliphatic heterocycles. The average Bonchev–Trinajstić information content (AvgIpc) is 3.06. The van der Waals surface area contributed by atoms with Gasteiger partial charge >= 0.3 is 0 Å². The summed E-state index contributed by atoms with van der Waals surface area (Å²) in [6.45, 7) is 11.8. The summed E-state index contributed by atoms with van der Waals surface area (Å²) < 4.78 is 19.5. The first-order valence-corrected chi connectivity index (χ1v) is 9.23. The zero-order chi connectivity index (χ0) is 20.9. The normalized spacial score (nSPS) is 26.2. The predicted molar refractivity (Wildman–Crippen MR) is 103 cm³/mol. The number of nitrogens with two attached hydrogens (primary N) is 1. The molecule has 0 aliphatic carbocycles. The molecule has 10 heteroatoms. The number of nitrogen functional groups attached to an aromatic ring is 1. The van der Waals surface area contributed by atoms with Crippen molar-refractivity contribution in [2.75, 3.05) is 12.3 Å². The molecule has 4 atom stereocenters. The summed E-state index contributed by atoms with van der Waals surface area (Å²) in [5.41, 5.74) is 4.69. The molecule has 2 aromatic rings. The molecule has 3 rings (SSSR count). The third-order valence-electron chi connectivity index (χ3n) is 4.20. The molecule has 0 saturated carbocycles. The summed E-state index contributed by atoms with van der Waals surface area (Å²) in [7, 11) is 0. The number of rotatable bonds is 4. The molecule has 0 radical (unpaired) electrons. The van der Waals surface area contributed by atoms with Crippen LogP contribution in [0.15, 0.2) is 11.1 Å². The fourth-order valence-corrected chi connectivity index (χ4v) is 3.10. The van der Waals surface area contributed by atoms with Crippen LogP contribution in [0.5, 0.6) is 0 Å². The van der Waals surface area contributed by atoms with Crippen LogP contribution in [0.4, 0.5) is 5.95 Å². The number of aliphatic hydroxyl groups is 1. The Labute approximate surface area is 163 Å². The van der Waals surface area contributed by atoms with Crippen LogP contribution >= 0.6 is 0 Å². The minimum atomic E-state index is -1.02. The summed E-state index contributed by atoms with van der Waals surface area (Å²) >= 11 is 0. The van der Waals surface area contributed by atoms with Crippen molar-refractivity contribution in [3.63, 3.8) is 0 Å². The Hall–Kier alpha value is -2.01. The molecular weight excluding hydrogens is 366 g/mol. The molecule has 10 nitrogen and oxygen atoms in total. The van der Waals surface area contributed by atoms with Crippen LogP contribution in [-0.4, -0.2) is 60.7 Å². The van der Waals surface area contributed by atoms with E-state index < -0.39 is 35.7 Å². The summed E-state index contributed by atoms with van der Waals surface area (Å²) in [5, 5.41) is 11.0. The molecule has 4 N–H and O–H groups in total. The predicted octanol–water partition coefficient (Wildman–Crippen LogP) is 0.959. The lowest BCUT2D eigenvalue weighted by atomic mass is 10.1. The van der Waals surface area contributed by atoms with Crippen LogP contribution < -0.4 is 11.3 Å². The lowest BCUT2D eigenvalue weighted by Gasteiger charge is -2.30. The third-order valence-corrected chi connectivity index (χ3v) is 4.20. The number of ether oxygens (including phenoxy) is 3. The first-order chi connectivity index (χ1) is 12.9. The number of anilines is 1. The fourth-order valence-electron chi connectivity index (χ4n) is 3.10. The Balaban J connectivity index is 1.95. The number of aromatic amines is 1. The number of aromatic nitrogens is 4. The molecule has 0 amide bonds. The van der Waals surface area contributed by atoms with E-state index in [1.165, 1.54) is 10.9 Å². The van der Waals surface area contributed by atoms with Gasteiger partial charge in [0.05, 0.1) is 24.1 Å². The van der Waals surface area contributed by atoms with Gasteiger partial charge in [0.2, 0.25) is 5.95 Å². The van der Waals surface area contributed by atoms with Crippen molar-refractivity contribution >= 4 is 17.1 Å². The van der Waals surface area contributed by atoms with E-state index in [9.17, 15) is 9.90 Å². The number of nitrogens with one attached hydrogen (secondary N) is 1. The Morgan fingerprint density at radius 2 is 1.96 bits per heavy atom. The van der Waals surface area contributed by atoms with Crippen LogP contribution in [0, 0.1) is 0 Å². The quantitative estimate of drug-likeness (QED) is 0.696. The number of hydrogen-bond donors (Lipinski definition) is 3. The molecule has 28 heavy (non-hydrogen) atoms. The van der Waals surface area contributed by atoms with Crippen LogP contribution in [-0.2, 0) is 14.2 Å². The van der Waals surface area contributed by atoms with E-state index in [4.69, 9.17) is 19.9 Å². The number of aliphatic hydroxyl groups excluding tert-OH is 1. The zero-order valence-corrected chi connectivity index (χ0v) is 17.1. The first-order valence-electron chi connectivity index (χ1n) is 9.23. The number of hydrogen-bond acceptors (Lipinski definition) is 8. The molecule has 156 valence electrons. The highest BCUT2D eigenvalue weighted by Gasteiger charge is 2.48. The van der Waals surface area contributed by atoms with Gasteiger partial charge in [-0.2, -0.15) is 4.98 Å². The maximum absolute atomic E-state index is 12.0. The SMILES string of the molecule is CC(C)(C)OC[C@H]1O[C@@H](n2cnc3c(=O)[nH]c(N)nc32)[C@@H](O)C1OC(C)(C)C. The maximum atomic E-state index is 12.0. The van der Waals surface area contributed by atoms with Gasteiger partial charge in [0.1, 0.15) is 18.3 Å². The van der Waals surface area contributed by atoms with Crippen molar-refractivity contribution in [2.45, 2.75) is 77.3 Å². The summed E-state index contributed by atoms with van der Waals surface area (Å²) in [6.07, 6.45) is -1.62. The lowest BCUT2D eigenvalue weighted by Crippen LogP contribution is -2.42. The van der Waals surface area contributed by atoms with Gasteiger partial charge in [0.25, 0.3) is 5.56 Å². The van der Waals surface area contributed by atoms with Gasteiger partial charge in [-0.1, -0.05) is 0 Å². The smallest absolute Gasteiger partial charge is 0.280 e. The van der Waals surface area contributed by atoms with E-state index in [0.717, 1.165) is 0 Å². The Morgan fingerprint density at radius 3 is 2.57 bits per heavy atom. The fraction of sp³-hybridized carbons (Fsp3) is 0.722. The molecule has 1 saturated heterocycles. The van der Waals surface area contributed by atoms with Crippen molar-refractivity contribution < 1.29 is 19.3 Å². The van der Waals surface area contributed by atoms with Crippen molar-refractivity contribution in [1.82, 2.24) is 19.5 Å². The third kappa shape index (κ3) is 4.35. The van der Waals surface area contributed by atoms with Gasteiger partial charge in [0, 0.05) is 0 Å². The summed E-state index contributed by atoms with van der Waals surface area (Å²) in [6, 6.07) is 0. The van der Waals surface area contributed by atoms with E-state index in [1.54, 1.807) is 0 Å². The minimum Gasteiger partial charge on any atom is -0.386 e. The Kier molecular flexibility index (Phi) is 5.26. The molecule has 0 bridgehead atoms. The van der Waals surface area contributed by atoms with E-state index >= 15 is 0 Å².